The zero-order chi connectivity index (χ0) is 21.8. The van der Waals surface area contributed by atoms with Gasteiger partial charge in [-0.2, -0.15) is 0 Å². The van der Waals surface area contributed by atoms with Gasteiger partial charge in [0.1, 0.15) is 5.75 Å². The summed E-state index contributed by atoms with van der Waals surface area (Å²) in [4.78, 5) is 2.16. The van der Waals surface area contributed by atoms with Crippen molar-refractivity contribution < 1.29 is 4.74 Å². The van der Waals surface area contributed by atoms with Crippen molar-refractivity contribution in [1.29, 1.82) is 0 Å². The monoisotopic (exact) mass is 414 g/mol. The van der Waals surface area contributed by atoms with Crippen molar-refractivity contribution in [2.24, 2.45) is 0 Å². The fraction of sp³-hybridized carbons (Fsp3) is 0.308. The molecule has 5 heteroatoms. The molecular formula is C26H30N4O. The van der Waals surface area contributed by atoms with Gasteiger partial charge < -0.3 is 9.64 Å². The van der Waals surface area contributed by atoms with E-state index in [1.165, 1.54) is 11.1 Å². The lowest BCUT2D eigenvalue weighted by atomic mass is 9.98. The standard InChI is InChI=1S/C26H30N4O/c1-19(2)21-7-5-8-22(17-21)23-11-14-25-27-28-26(30(25)18-23)20-9-12-24(13-10-20)31-16-6-15-29(3)4/h5,7-14,17-19H,6,15-16H2,1-4H3. The molecule has 0 fully saturated rings. The number of pyridine rings is 1. The lowest BCUT2D eigenvalue weighted by Crippen LogP contribution is -2.15. The summed E-state index contributed by atoms with van der Waals surface area (Å²) in [5.74, 6) is 2.20. The molecule has 31 heavy (non-hydrogen) atoms. The van der Waals surface area contributed by atoms with E-state index >= 15 is 0 Å². The maximum atomic E-state index is 5.85. The van der Waals surface area contributed by atoms with Gasteiger partial charge in [-0.15, -0.1) is 10.2 Å². The van der Waals surface area contributed by atoms with Crippen molar-refractivity contribution in [3.8, 4) is 28.3 Å². The first-order chi connectivity index (χ1) is 15.0. The third-order valence-corrected chi connectivity index (χ3v) is 5.42. The smallest absolute Gasteiger partial charge is 0.168 e. The third-order valence-electron chi connectivity index (χ3n) is 5.42. The Bertz CT molecular complexity index is 1150. The molecule has 0 aliphatic carbocycles. The first kappa shape index (κ1) is 21.1. The average molecular weight is 415 g/mol. The Kier molecular flexibility index (Phi) is 6.33. The first-order valence-electron chi connectivity index (χ1n) is 10.8. The molecule has 0 atom stereocenters. The van der Waals surface area contributed by atoms with Crippen LogP contribution in [0, 0.1) is 0 Å². The van der Waals surface area contributed by atoms with Crippen molar-refractivity contribution in [3.63, 3.8) is 0 Å². The number of fused-ring (bicyclic) bond motifs is 1. The number of aromatic nitrogens is 3. The molecule has 0 bridgehead atoms. The van der Waals surface area contributed by atoms with Crippen molar-refractivity contribution in [3.05, 3.63) is 72.4 Å². The van der Waals surface area contributed by atoms with Crippen LogP contribution in [0.5, 0.6) is 5.75 Å². The van der Waals surface area contributed by atoms with Gasteiger partial charge in [-0.05, 0) is 79.5 Å². The van der Waals surface area contributed by atoms with Crippen LogP contribution in [0.3, 0.4) is 0 Å². The van der Waals surface area contributed by atoms with Gasteiger partial charge in [-0.1, -0.05) is 38.1 Å². The summed E-state index contributed by atoms with van der Waals surface area (Å²) in [6.45, 7) is 6.17. The topological polar surface area (TPSA) is 42.7 Å². The second-order valence-electron chi connectivity index (χ2n) is 8.48. The average Bonchev–Trinajstić information content (AvgIpc) is 3.20. The van der Waals surface area contributed by atoms with E-state index in [0.29, 0.717) is 12.5 Å². The van der Waals surface area contributed by atoms with Gasteiger partial charge in [-0.25, -0.2) is 0 Å². The van der Waals surface area contributed by atoms with Crippen molar-refractivity contribution in [2.75, 3.05) is 27.2 Å². The zero-order valence-corrected chi connectivity index (χ0v) is 18.7. The molecule has 160 valence electrons. The van der Waals surface area contributed by atoms with E-state index in [-0.39, 0.29) is 0 Å². The highest BCUT2D eigenvalue weighted by molar-refractivity contribution is 5.68. The van der Waals surface area contributed by atoms with Crippen LogP contribution < -0.4 is 4.74 Å². The SMILES string of the molecule is CC(C)c1cccc(-c2ccc3nnc(-c4ccc(OCCCN(C)C)cc4)n3c2)c1. The van der Waals surface area contributed by atoms with Gasteiger partial charge >= 0.3 is 0 Å². The molecule has 0 saturated carbocycles. The molecule has 0 spiro atoms. The Morgan fingerprint density at radius 2 is 1.68 bits per heavy atom. The summed E-state index contributed by atoms with van der Waals surface area (Å²) in [5.41, 5.74) is 5.54. The maximum Gasteiger partial charge on any atom is 0.168 e. The van der Waals surface area contributed by atoms with Crippen LogP contribution in [0.25, 0.3) is 28.2 Å². The van der Waals surface area contributed by atoms with Crippen LogP contribution in [-0.2, 0) is 0 Å². The van der Waals surface area contributed by atoms with E-state index < -0.39 is 0 Å². The summed E-state index contributed by atoms with van der Waals surface area (Å²) in [7, 11) is 4.15. The van der Waals surface area contributed by atoms with E-state index in [1.807, 2.05) is 30.3 Å². The summed E-state index contributed by atoms with van der Waals surface area (Å²) in [5, 5.41) is 8.79. The van der Waals surface area contributed by atoms with Gasteiger partial charge in [-0.3, -0.25) is 4.40 Å². The van der Waals surface area contributed by atoms with E-state index in [2.05, 4.69) is 84.0 Å². The third kappa shape index (κ3) is 4.94. The highest BCUT2D eigenvalue weighted by Crippen LogP contribution is 2.27. The van der Waals surface area contributed by atoms with Crippen LogP contribution >= 0.6 is 0 Å². The van der Waals surface area contributed by atoms with E-state index in [9.17, 15) is 0 Å². The summed E-state index contributed by atoms with van der Waals surface area (Å²) >= 11 is 0. The fourth-order valence-corrected chi connectivity index (χ4v) is 3.61. The molecule has 0 aliphatic heterocycles. The van der Waals surface area contributed by atoms with Crippen molar-refractivity contribution in [2.45, 2.75) is 26.2 Å². The Balaban J connectivity index is 1.57. The number of nitrogens with zero attached hydrogens (tertiary/aromatic N) is 4. The zero-order valence-electron chi connectivity index (χ0n) is 18.7. The molecule has 4 rings (SSSR count). The summed E-state index contributed by atoms with van der Waals surface area (Å²) < 4.78 is 7.91. The summed E-state index contributed by atoms with van der Waals surface area (Å²) in [6, 6.07) is 20.9. The first-order valence-corrected chi connectivity index (χ1v) is 10.8. The predicted octanol–water partition coefficient (Wildman–Crippen LogP) is 5.52. The van der Waals surface area contributed by atoms with Gasteiger partial charge in [0.15, 0.2) is 11.5 Å². The molecule has 2 aromatic heterocycles. The number of ether oxygens (including phenoxy) is 1. The highest BCUT2D eigenvalue weighted by atomic mass is 16.5. The minimum atomic E-state index is 0.498. The molecule has 2 heterocycles. The number of benzene rings is 2. The van der Waals surface area contributed by atoms with Gasteiger partial charge in [0.25, 0.3) is 0 Å². The minimum Gasteiger partial charge on any atom is -0.494 e. The van der Waals surface area contributed by atoms with Crippen LogP contribution in [0.2, 0.25) is 0 Å². The van der Waals surface area contributed by atoms with Crippen LogP contribution in [0.1, 0.15) is 31.7 Å². The molecule has 2 aromatic carbocycles. The fourth-order valence-electron chi connectivity index (χ4n) is 3.61. The molecule has 0 unspecified atom stereocenters. The van der Waals surface area contributed by atoms with Gasteiger partial charge in [0.05, 0.1) is 6.61 Å². The molecular weight excluding hydrogens is 384 g/mol. The van der Waals surface area contributed by atoms with Crippen molar-refractivity contribution in [1.82, 2.24) is 19.5 Å². The Labute approximate surface area is 184 Å². The maximum absolute atomic E-state index is 5.85. The highest BCUT2D eigenvalue weighted by Gasteiger charge is 2.10. The Morgan fingerprint density at radius 1 is 0.903 bits per heavy atom. The normalized spacial score (nSPS) is 11.5. The van der Waals surface area contributed by atoms with Crippen LogP contribution in [0.4, 0.5) is 0 Å². The molecule has 5 nitrogen and oxygen atoms in total. The predicted molar refractivity (Wildman–Crippen MR) is 127 cm³/mol. The lowest BCUT2D eigenvalue weighted by molar-refractivity contribution is 0.281. The number of rotatable bonds is 8. The van der Waals surface area contributed by atoms with E-state index in [1.54, 1.807) is 0 Å². The van der Waals surface area contributed by atoms with Crippen LogP contribution in [0.15, 0.2) is 66.9 Å². The molecule has 0 saturated heterocycles. The van der Waals surface area contributed by atoms with Crippen molar-refractivity contribution >= 4 is 5.65 Å². The Hall–Kier alpha value is -3.18. The molecule has 4 aromatic rings. The van der Waals surface area contributed by atoms with Gasteiger partial charge in [0.2, 0.25) is 0 Å². The van der Waals surface area contributed by atoms with Gasteiger partial charge in [0, 0.05) is 18.3 Å². The second kappa shape index (κ2) is 9.31. The van der Waals surface area contributed by atoms with E-state index in [4.69, 9.17) is 4.74 Å². The van der Waals surface area contributed by atoms with Crippen LogP contribution in [-0.4, -0.2) is 46.7 Å². The second-order valence-corrected chi connectivity index (χ2v) is 8.48. The largest absolute Gasteiger partial charge is 0.494 e. The molecule has 0 radical (unpaired) electrons. The number of hydrogen-bond acceptors (Lipinski definition) is 4. The number of hydrogen-bond donors (Lipinski definition) is 0. The molecule has 0 amide bonds. The lowest BCUT2D eigenvalue weighted by Gasteiger charge is -2.11. The summed E-state index contributed by atoms with van der Waals surface area (Å²) in [6.07, 6.45) is 3.13. The quantitative estimate of drug-likeness (QED) is 0.356. The molecule has 0 aliphatic rings. The Morgan fingerprint density at radius 3 is 2.42 bits per heavy atom. The minimum absolute atomic E-state index is 0.498. The molecule has 0 N–H and O–H groups in total. The van der Waals surface area contributed by atoms with E-state index in [0.717, 1.165) is 41.3 Å².